The number of aldehydes is 1. The molecule has 0 bridgehead atoms. The molecule has 4 aromatic rings. The normalized spacial score (nSPS) is 11.2. The van der Waals surface area contributed by atoms with Crippen molar-refractivity contribution < 1.29 is 13.6 Å². The van der Waals surface area contributed by atoms with Gasteiger partial charge in [-0.15, -0.1) is 0 Å². The third-order valence-electron chi connectivity index (χ3n) is 4.76. The van der Waals surface area contributed by atoms with Crippen LogP contribution in [0.15, 0.2) is 84.4 Å². The minimum absolute atomic E-state index is 0.0969. The minimum Gasteiger partial charge on any atom is -0.364 e. The first-order valence-electron chi connectivity index (χ1n) is 10.4. The fourth-order valence-electron chi connectivity index (χ4n) is 3.16. The van der Waals surface area contributed by atoms with Crippen molar-refractivity contribution in [1.29, 1.82) is 0 Å². The van der Waals surface area contributed by atoms with Gasteiger partial charge in [0.15, 0.2) is 17.9 Å². The highest BCUT2D eigenvalue weighted by Crippen LogP contribution is 2.29. The molecular formula is C25H20F2N6O. The Bertz CT molecular complexity index is 1280. The average Bonchev–Trinajstić information content (AvgIpc) is 2.86. The van der Waals surface area contributed by atoms with Crippen LogP contribution in [0.5, 0.6) is 0 Å². The van der Waals surface area contributed by atoms with Crippen molar-refractivity contribution in [3.63, 3.8) is 0 Å². The van der Waals surface area contributed by atoms with Crippen molar-refractivity contribution in [3.8, 4) is 11.3 Å². The molecule has 170 valence electrons. The molecule has 9 heteroatoms. The number of hydrogen-bond acceptors (Lipinski definition) is 6. The standard InChI is InChI=1S/C25H20F2N6O/c26-20-9-19(10-21(27)11-20)22-5-6-23(25(33-22)31-15-18-4-2-8-29-13-18)32-24(16-34)30-14-17-3-1-7-28-12-17/h1-13,16H,14-15H2,(H,30,32)(H,31,33). The van der Waals surface area contributed by atoms with Crippen LogP contribution in [0.4, 0.5) is 20.3 Å². The van der Waals surface area contributed by atoms with E-state index in [1.807, 2.05) is 18.2 Å². The van der Waals surface area contributed by atoms with Gasteiger partial charge in [0, 0.05) is 49.5 Å². The summed E-state index contributed by atoms with van der Waals surface area (Å²) in [6.45, 7) is 0.738. The number of rotatable bonds is 8. The summed E-state index contributed by atoms with van der Waals surface area (Å²) in [7, 11) is 0. The second-order valence-electron chi connectivity index (χ2n) is 7.27. The Morgan fingerprint density at radius 1 is 0.912 bits per heavy atom. The highest BCUT2D eigenvalue weighted by atomic mass is 19.1. The van der Waals surface area contributed by atoms with E-state index in [2.05, 4.69) is 30.6 Å². The van der Waals surface area contributed by atoms with E-state index in [1.165, 1.54) is 12.1 Å². The zero-order valence-electron chi connectivity index (χ0n) is 18.0. The van der Waals surface area contributed by atoms with Crippen LogP contribution in [-0.2, 0) is 17.9 Å². The molecule has 0 unspecified atom stereocenters. The van der Waals surface area contributed by atoms with E-state index < -0.39 is 11.6 Å². The number of anilines is 1. The first kappa shape index (κ1) is 22.7. The summed E-state index contributed by atoms with van der Waals surface area (Å²) in [6.07, 6.45) is 7.33. The average molecular weight is 458 g/mol. The second kappa shape index (κ2) is 10.9. The molecule has 0 atom stereocenters. The number of carbonyl (C=O) groups is 1. The zero-order chi connectivity index (χ0) is 23.8. The van der Waals surface area contributed by atoms with E-state index in [0.29, 0.717) is 36.6 Å². The number of benzene rings is 1. The SMILES string of the molecule is O=C/C(=N\c1ccc(-c2cc(F)cc(F)c2)nc1NCc1cccnc1)NCc1cccnc1. The number of aliphatic imine (C=N–C) groups is 1. The van der Waals surface area contributed by atoms with Gasteiger partial charge in [0.2, 0.25) is 0 Å². The van der Waals surface area contributed by atoms with Crippen LogP contribution in [0, 0.1) is 11.6 Å². The predicted octanol–water partition coefficient (Wildman–Crippen LogP) is 4.45. The highest BCUT2D eigenvalue weighted by molar-refractivity contribution is 6.27. The fourth-order valence-corrected chi connectivity index (χ4v) is 3.16. The summed E-state index contributed by atoms with van der Waals surface area (Å²) in [5, 5.41) is 6.15. The van der Waals surface area contributed by atoms with Crippen LogP contribution < -0.4 is 10.6 Å². The third kappa shape index (κ3) is 6.04. The van der Waals surface area contributed by atoms with E-state index >= 15 is 0 Å². The Balaban J connectivity index is 1.65. The summed E-state index contributed by atoms with van der Waals surface area (Å²) < 4.78 is 27.5. The van der Waals surface area contributed by atoms with Gasteiger partial charge >= 0.3 is 0 Å². The quantitative estimate of drug-likeness (QED) is 0.230. The maximum atomic E-state index is 13.7. The number of carbonyl (C=O) groups excluding carboxylic acids is 1. The predicted molar refractivity (Wildman–Crippen MR) is 125 cm³/mol. The number of nitrogens with one attached hydrogen (secondary N) is 2. The van der Waals surface area contributed by atoms with Crippen molar-refractivity contribution >= 4 is 23.6 Å². The van der Waals surface area contributed by atoms with E-state index in [4.69, 9.17) is 0 Å². The topological polar surface area (TPSA) is 92.2 Å². The number of pyridine rings is 3. The number of halogens is 2. The van der Waals surface area contributed by atoms with Gasteiger partial charge in [-0.2, -0.15) is 0 Å². The molecule has 0 fully saturated rings. The summed E-state index contributed by atoms with van der Waals surface area (Å²) >= 11 is 0. The maximum absolute atomic E-state index is 13.7. The highest BCUT2D eigenvalue weighted by Gasteiger charge is 2.11. The summed E-state index contributed by atoms with van der Waals surface area (Å²) in [4.78, 5) is 28.7. The molecule has 1 aromatic carbocycles. The largest absolute Gasteiger partial charge is 0.364 e. The fraction of sp³-hybridized carbons (Fsp3) is 0.0800. The molecule has 7 nitrogen and oxygen atoms in total. The van der Waals surface area contributed by atoms with Gasteiger partial charge in [0.1, 0.15) is 17.3 Å². The molecule has 34 heavy (non-hydrogen) atoms. The molecule has 4 rings (SSSR count). The lowest BCUT2D eigenvalue weighted by atomic mass is 10.1. The molecule has 3 aromatic heterocycles. The van der Waals surface area contributed by atoms with Gasteiger partial charge in [0.05, 0.1) is 5.69 Å². The summed E-state index contributed by atoms with van der Waals surface area (Å²) in [5.41, 5.74) is 2.79. The first-order valence-corrected chi connectivity index (χ1v) is 10.4. The third-order valence-corrected chi connectivity index (χ3v) is 4.76. The monoisotopic (exact) mass is 458 g/mol. The van der Waals surface area contributed by atoms with E-state index in [-0.39, 0.29) is 11.4 Å². The van der Waals surface area contributed by atoms with Crippen LogP contribution >= 0.6 is 0 Å². The number of amidine groups is 1. The van der Waals surface area contributed by atoms with Crippen molar-refractivity contribution in [2.45, 2.75) is 13.1 Å². The number of hydrogen-bond donors (Lipinski definition) is 2. The molecule has 3 heterocycles. The Kier molecular flexibility index (Phi) is 7.24. The van der Waals surface area contributed by atoms with Crippen molar-refractivity contribution in [3.05, 3.63) is 102 Å². The minimum atomic E-state index is -0.702. The molecule has 0 aliphatic heterocycles. The molecule has 0 saturated carbocycles. The van der Waals surface area contributed by atoms with E-state index in [9.17, 15) is 13.6 Å². The Morgan fingerprint density at radius 2 is 1.59 bits per heavy atom. The van der Waals surface area contributed by atoms with Gasteiger partial charge in [-0.3, -0.25) is 14.8 Å². The van der Waals surface area contributed by atoms with Crippen LogP contribution in [0.3, 0.4) is 0 Å². The van der Waals surface area contributed by atoms with E-state index in [1.54, 1.807) is 43.0 Å². The smallest absolute Gasteiger partial charge is 0.185 e. The van der Waals surface area contributed by atoms with Crippen LogP contribution in [0.2, 0.25) is 0 Å². The van der Waals surface area contributed by atoms with Crippen molar-refractivity contribution in [1.82, 2.24) is 20.3 Å². The second-order valence-corrected chi connectivity index (χ2v) is 7.27. The van der Waals surface area contributed by atoms with Gasteiger partial charge < -0.3 is 10.6 Å². The lowest BCUT2D eigenvalue weighted by Crippen LogP contribution is -2.24. The molecule has 0 amide bonds. The maximum Gasteiger partial charge on any atom is 0.185 e. The van der Waals surface area contributed by atoms with Crippen LogP contribution in [0.1, 0.15) is 11.1 Å². The van der Waals surface area contributed by atoms with Gasteiger partial charge in [-0.05, 0) is 47.5 Å². The summed E-state index contributed by atoms with van der Waals surface area (Å²) in [5.74, 6) is -0.966. The lowest BCUT2D eigenvalue weighted by Gasteiger charge is -2.12. The number of aromatic nitrogens is 3. The van der Waals surface area contributed by atoms with Gasteiger partial charge in [-0.25, -0.2) is 18.8 Å². The molecular weight excluding hydrogens is 438 g/mol. The molecule has 0 saturated heterocycles. The number of nitrogens with zero attached hydrogens (tertiary/aromatic N) is 4. The van der Waals surface area contributed by atoms with Crippen LogP contribution in [0.25, 0.3) is 11.3 Å². The van der Waals surface area contributed by atoms with Crippen molar-refractivity contribution in [2.75, 3.05) is 5.32 Å². The van der Waals surface area contributed by atoms with Gasteiger partial charge in [0.25, 0.3) is 0 Å². The Labute approximate surface area is 194 Å². The molecule has 2 N–H and O–H groups in total. The molecule has 0 radical (unpaired) electrons. The first-order chi connectivity index (χ1) is 16.6. The lowest BCUT2D eigenvalue weighted by molar-refractivity contribution is -0.102. The summed E-state index contributed by atoms with van der Waals surface area (Å²) in [6, 6.07) is 13.8. The molecule has 0 spiro atoms. The zero-order valence-corrected chi connectivity index (χ0v) is 18.0. The van der Waals surface area contributed by atoms with Gasteiger partial charge in [-0.1, -0.05) is 12.1 Å². The molecule has 0 aliphatic rings. The Hall–Kier alpha value is -4.53. The van der Waals surface area contributed by atoms with E-state index in [0.717, 1.165) is 17.2 Å². The molecule has 0 aliphatic carbocycles. The van der Waals surface area contributed by atoms with Crippen molar-refractivity contribution in [2.24, 2.45) is 4.99 Å². The van der Waals surface area contributed by atoms with Crippen LogP contribution in [-0.4, -0.2) is 27.1 Å². The Morgan fingerprint density at radius 3 is 2.21 bits per heavy atom.